The maximum Gasteiger partial charge on any atom is 0.0926 e. The number of methoxy groups -OCH3 is 1. The predicted molar refractivity (Wildman–Crippen MR) is 46.7 cm³/mol. The smallest absolute Gasteiger partial charge is 0.0926 e. The fraction of sp³-hybridized carbons (Fsp3) is 1.00. The van der Waals surface area contributed by atoms with Crippen molar-refractivity contribution in [1.29, 1.82) is 0 Å². The van der Waals surface area contributed by atoms with Gasteiger partial charge < -0.3 is 10.1 Å². The Kier molecular flexibility index (Phi) is 2.90. The molecule has 1 N–H and O–H groups in total. The number of ether oxygens (including phenoxy) is 1. The second-order valence-electron chi connectivity index (χ2n) is 3.92. The molecule has 66 valence electrons. The lowest BCUT2D eigenvalue weighted by Crippen LogP contribution is -2.60. The van der Waals surface area contributed by atoms with Crippen LogP contribution in [0.1, 0.15) is 26.7 Å². The Balaban J connectivity index is 2.22. The Morgan fingerprint density at radius 1 is 1.45 bits per heavy atom. The van der Waals surface area contributed by atoms with Crippen LogP contribution in [0.3, 0.4) is 0 Å². The minimum Gasteiger partial charge on any atom is -0.376 e. The van der Waals surface area contributed by atoms with Gasteiger partial charge in [-0.3, -0.25) is 0 Å². The summed E-state index contributed by atoms with van der Waals surface area (Å²) in [5.41, 5.74) is 0.185. The van der Waals surface area contributed by atoms with Crippen molar-refractivity contribution in [3.63, 3.8) is 0 Å². The molecule has 0 spiro atoms. The van der Waals surface area contributed by atoms with E-state index in [0.29, 0.717) is 0 Å². The first kappa shape index (κ1) is 9.01. The van der Waals surface area contributed by atoms with Crippen molar-refractivity contribution in [2.45, 2.75) is 32.3 Å². The third kappa shape index (κ3) is 2.17. The molecule has 11 heavy (non-hydrogen) atoms. The molecule has 1 heterocycles. The van der Waals surface area contributed by atoms with Crippen LogP contribution in [0.5, 0.6) is 0 Å². The van der Waals surface area contributed by atoms with Gasteiger partial charge in [0.25, 0.3) is 0 Å². The van der Waals surface area contributed by atoms with Crippen LogP contribution in [0, 0.1) is 5.92 Å². The van der Waals surface area contributed by atoms with Crippen LogP contribution in [-0.4, -0.2) is 25.8 Å². The Bertz CT molecular complexity index is 113. The summed E-state index contributed by atoms with van der Waals surface area (Å²) in [6.07, 6.45) is 2.48. The molecule has 0 unspecified atom stereocenters. The van der Waals surface area contributed by atoms with Gasteiger partial charge in [0.2, 0.25) is 0 Å². The van der Waals surface area contributed by atoms with E-state index in [9.17, 15) is 0 Å². The summed E-state index contributed by atoms with van der Waals surface area (Å²) in [6, 6.07) is 0. The molecule has 0 atom stereocenters. The van der Waals surface area contributed by atoms with Crippen molar-refractivity contribution in [3.05, 3.63) is 0 Å². The highest BCUT2D eigenvalue weighted by Crippen LogP contribution is 2.23. The van der Waals surface area contributed by atoms with Gasteiger partial charge in [-0.2, -0.15) is 0 Å². The van der Waals surface area contributed by atoms with E-state index >= 15 is 0 Å². The molecule has 0 aromatic heterocycles. The lowest BCUT2D eigenvalue weighted by Gasteiger charge is -2.41. The van der Waals surface area contributed by atoms with E-state index in [1.165, 1.54) is 12.8 Å². The molecule has 2 nitrogen and oxygen atoms in total. The summed E-state index contributed by atoms with van der Waals surface area (Å²) in [6.45, 7) is 6.59. The zero-order valence-electron chi connectivity index (χ0n) is 7.81. The van der Waals surface area contributed by atoms with Crippen molar-refractivity contribution in [2.75, 3.05) is 20.2 Å². The SMILES string of the molecule is COC1(CCC(C)C)CNC1. The van der Waals surface area contributed by atoms with Crippen molar-refractivity contribution >= 4 is 0 Å². The molecule has 1 saturated heterocycles. The summed E-state index contributed by atoms with van der Waals surface area (Å²) in [4.78, 5) is 0. The summed E-state index contributed by atoms with van der Waals surface area (Å²) in [7, 11) is 1.82. The molecule has 1 rings (SSSR count). The Labute approximate surface area is 69.3 Å². The highest BCUT2D eigenvalue weighted by molar-refractivity contribution is 4.94. The quantitative estimate of drug-likeness (QED) is 0.666. The fourth-order valence-electron chi connectivity index (χ4n) is 1.38. The molecule has 1 aliphatic rings. The summed E-state index contributed by atoms with van der Waals surface area (Å²) in [5.74, 6) is 0.794. The maximum absolute atomic E-state index is 5.46. The van der Waals surface area contributed by atoms with Gasteiger partial charge in [0.15, 0.2) is 0 Å². The van der Waals surface area contributed by atoms with Crippen LogP contribution >= 0.6 is 0 Å². The van der Waals surface area contributed by atoms with Crippen LogP contribution < -0.4 is 5.32 Å². The average Bonchev–Trinajstić information content (AvgIpc) is 1.86. The van der Waals surface area contributed by atoms with Gasteiger partial charge in [-0.25, -0.2) is 0 Å². The summed E-state index contributed by atoms with van der Waals surface area (Å²) < 4.78 is 5.46. The Morgan fingerprint density at radius 2 is 2.09 bits per heavy atom. The fourth-order valence-corrected chi connectivity index (χ4v) is 1.38. The molecule has 1 fully saturated rings. The molecular formula is C9H19NO. The van der Waals surface area contributed by atoms with E-state index in [4.69, 9.17) is 4.74 Å². The number of hydrogen-bond acceptors (Lipinski definition) is 2. The zero-order chi connectivity index (χ0) is 8.32. The molecule has 0 radical (unpaired) electrons. The van der Waals surface area contributed by atoms with Crippen LogP contribution in [0.25, 0.3) is 0 Å². The third-order valence-corrected chi connectivity index (χ3v) is 2.50. The Hall–Kier alpha value is -0.0800. The van der Waals surface area contributed by atoms with Crippen molar-refractivity contribution in [2.24, 2.45) is 5.92 Å². The van der Waals surface area contributed by atoms with Crippen LogP contribution in [0.4, 0.5) is 0 Å². The van der Waals surface area contributed by atoms with Gasteiger partial charge in [0, 0.05) is 20.2 Å². The first-order valence-corrected chi connectivity index (χ1v) is 4.44. The topological polar surface area (TPSA) is 21.3 Å². The first-order chi connectivity index (χ1) is 5.18. The van der Waals surface area contributed by atoms with Gasteiger partial charge in [-0.15, -0.1) is 0 Å². The van der Waals surface area contributed by atoms with Crippen LogP contribution in [-0.2, 0) is 4.74 Å². The normalized spacial score (nSPS) is 21.8. The monoisotopic (exact) mass is 157 g/mol. The number of nitrogens with one attached hydrogen (secondary N) is 1. The largest absolute Gasteiger partial charge is 0.376 e. The van der Waals surface area contributed by atoms with E-state index in [2.05, 4.69) is 19.2 Å². The highest BCUT2D eigenvalue weighted by atomic mass is 16.5. The molecular weight excluding hydrogens is 138 g/mol. The predicted octanol–water partition coefficient (Wildman–Crippen LogP) is 1.41. The van der Waals surface area contributed by atoms with Gasteiger partial charge >= 0.3 is 0 Å². The lowest BCUT2D eigenvalue weighted by molar-refractivity contribution is -0.0600. The molecule has 0 aromatic rings. The lowest BCUT2D eigenvalue weighted by atomic mass is 9.88. The van der Waals surface area contributed by atoms with Crippen molar-refractivity contribution in [3.8, 4) is 0 Å². The molecule has 2 heteroatoms. The van der Waals surface area contributed by atoms with E-state index in [1.807, 2.05) is 7.11 Å². The summed E-state index contributed by atoms with van der Waals surface area (Å²) in [5, 5.41) is 3.25. The van der Waals surface area contributed by atoms with Crippen molar-refractivity contribution < 1.29 is 4.74 Å². The van der Waals surface area contributed by atoms with E-state index in [-0.39, 0.29) is 5.60 Å². The van der Waals surface area contributed by atoms with Crippen LogP contribution in [0.2, 0.25) is 0 Å². The van der Waals surface area contributed by atoms with E-state index in [0.717, 1.165) is 19.0 Å². The van der Waals surface area contributed by atoms with Gasteiger partial charge in [-0.05, 0) is 18.8 Å². The second kappa shape index (κ2) is 3.55. The molecule has 0 aromatic carbocycles. The minimum atomic E-state index is 0.185. The Morgan fingerprint density at radius 3 is 2.36 bits per heavy atom. The minimum absolute atomic E-state index is 0.185. The van der Waals surface area contributed by atoms with Gasteiger partial charge in [0.05, 0.1) is 5.60 Å². The molecule has 0 bridgehead atoms. The van der Waals surface area contributed by atoms with E-state index in [1.54, 1.807) is 0 Å². The third-order valence-electron chi connectivity index (χ3n) is 2.50. The second-order valence-corrected chi connectivity index (χ2v) is 3.92. The molecule has 0 aliphatic carbocycles. The molecule has 0 amide bonds. The molecule has 1 aliphatic heterocycles. The van der Waals surface area contributed by atoms with Crippen molar-refractivity contribution in [1.82, 2.24) is 5.32 Å². The first-order valence-electron chi connectivity index (χ1n) is 4.44. The maximum atomic E-state index is 5.46. The van der Waals surface area contributed by atoms with Gasteiger partial charge in [0.1, 0.15) is 0 Å². The van der Waals surface area contributed by atoms with Gasteiger partial charge in [-0.1, -0.05) is 13.8 Å². The zero-order valence-corrected chi connectivity index (χ0v) is 7.81. The number of hydrogen-bond donors (Lipinski definition) is 1. The van der Waals surface area contributed by atoms with Crippen LogP contribution in [0.15, 0.2) is 0 Å². The van der Waals surface area contributed by atoms with E-state index < -0.39 is 0 Å². The standard InChI is InChI=1S/C9H19NO/c1-8(2)4-5-9(11-3)6-10-7-9/h8,10H,4-7H2,1-3H3. The molecule has 0 saturated carbocycles. The highest BCUT2D eigenvalue weighted by Gasteiger charge is 2.36. The average molecular weight is 157 g/mol. The number of rotatable bonds is 4. The summed E-state index contributed by atoms with van der Waals surface area (Å²) >= 11 is 0.